The molecular formula is C21H21N3O. The first-order chi connectivity index (χ1) is 12.2. The van der Waals surface area contributed by atoms with Crippen molar-refractivity contribution in [2.75, 3.05) is 11.9 Å². The van der Waals surface area contributed by atoms with Gasteiger partial charge in [-0.15, -0.1) is 0 Å². The van der Waals surface area contributed by atoms with Gasteiger partial charge in [-0.25, -0.2) is 4.79 Å². The van der Waals surface area contributed by atoms with Gasteiger partial charge >= 0.3 is 6.03 Å². The molecule has 0 unspecified atom stereocenters. The second-order valence-corrected chi connectivity index (χ2v) is 6.43. The molecule has 2 amide bonds. The molecule has 2 aromatic carbocycles. The second kappa shape index (κ2) is 6.48. The Hall–Kier alpha value is -3.01. The number of amides is 2. The summed E-state index contributed by atoms with van der Waals surface area (Å²) in [5.41, 5.74) is 4.32. The van der Waals surface area contributed by atoms with Gasteiger partial charge in [0.05, 0.1) is 6.04 Å². The molecule has 1 aromatic heterocycles. The van der Waals surface area contributed by atoms with Crippen LogP contribution in [-0.4, -0.2) is 22.0 Å². The summed E-state index contributed by atoms with van der Waals surface area (Å²) in [7, 11) is 0. The van der Waals surface area contributed by atoms with E-state index < -0.39 is 0 Å². The first-order valence-electron chi connectivity index (χ1n) is 8.56. The highest BCUT2D eigenvalue weighted by molar-refractivity contribution is 5.90. The Morgan fingerprint density at radius 1 is 0.960 bits per heavy atom. The number of carbonyl (C=O) groups is 1. The standard InChI is InChI=1S/C21H21N3O/c1-16-9-11-17(12-10-16)20-19-8-5-13-23(19)14-15-24(20)21(25)22-18-6-3-2-4-7-18/h2-13,20H,14-15H2,1H3,(H,22,25)/t20-/m1/s1. The molecule has 1 N–H and O–H groups in total. The van der Waals surface area contributed by atoms with Crippen molar-refractivity contribution in [1.82, 2.24) is 9.47 Å². The molecule has 0 saturated carbocycles. The number of anilines is 1. The third-order valence-electron chi connectivity index (χ3n) is 4.72. The van der Waals surface area contributed by atoms with Crippen LogP contribution in [0.2, 0.25) is 0 Å². The third-order valence-corrected chi connectivity index (χ3v) is 4.72. The van der Waals surface area contributed by atoms with E-state index in [4.69, 9.17) is 0 Å². The summed E-state index contributed by atoms with van der Waals surface area (Å²) in [4.78, 5) is 14.9. The van der Waals surface area contributed by atoms with Gasteiger partial charge in [0, 0.05) is 30.7 Å². The fraction of sp³-hybridized carbons (Fsp3) is 0.190. The summed E-state index contributed by atoms with van der Waals surface area (Å²) in [6.45, 7) is 3.57. The summed E-state index contributed by atoms with van der Waals surface area (Å²) < 4.78 is 2.23. The lowest BCUT2D eigenvalue weighted by Crippen LogP contribution is -2.44. The molecule has 4 nitrogen and oxygen atoms in total. The Balaban J connectivity index is 1.68. The molecule has 0 aliphatic carbocycles. The van der Waals surface area contributed by atoms with Gasteiger partial charge in [0.1, 0.15) is 0 Å². The molecule has 25 heavy (non-hydrogen) atoms. The fourth-order valence-electron chi connectivity index (χ4n) is 3.42. The monoisotopic (exact) mass is 331 g/mol. The Morgan fingerprint density at radius 3 is 2.48 bits per heavy atom. The Labute approximate surface area is 147 Å². The number of hydrogen-bond acceptors (Lipinski definition) is 1. The van der Waals surface area contributed by atoms with Crippen LogP contribution in [-0.2, 0) is 6.54 Å². The zero-order chi connectivity index (χ0) is 17.2. The van der Waals surface area contributed by atoms with Crippen molar-refractivity contribution in [3.8, 4) is 0 Å². The van der Waals surface area contributed by atoms with E-state index in [9.17, 15) is 4.79 Å². The van der Waals surface area contributed by atoms with E-state index in [0.717, 1.165) is 23.5 Å². The van der Waals surface area contributed by atoms with E-state index in [2.05, 4.69) is 59.4 Å². The molecule has 0 fully saturated rings. The van der Waals surface area contributed by atoms with Crippen molar-refractivity contribution in [2.45, 2.75) is 19.5 Å². The van der Waals surface area contributed by atoms with E-state index in [-0.39, 0.29) is 12.1 Å². The molecular weight excluding hydrogens is 310 g/mol. The molecule has 4 heteroatoms. The molecule has 3 aromatic rings. The van der Waals surface area contributed by atoms with Gasteiger partial charge in [-0.1, -0.05) is 48.0 Å². The highest BCUT2D eigenvalue weighted by Crippen LogP contribution is 2.33. The lowest BCUT2D eigenvalue weighted by atomic mass is 9.99. The number of aryl methyl sites for hydroxylation is 1. The number of para-hydroxylation sites is 1. The zero-order valence-electron chi connectivity index (χ0n) is 14.2. The number of rotatable bonds is 2. The lowest BCUT2D eigenvalue weighted by molar-refractivity contribution is 0.182. The number of nitrogens with one attached hydrogen (secondary N) is 1. The maximum Gasteiger partial charge on any atom is 0.322 e. The highest BCUT2D eigenvalue weighted by Gasteiger charge is 2.32. The number of nitrogens with zero attached hydrogens (tertiary/aromatic N) is 2. The molecule has 1 aliphatic rings. The number of hydrogen-bond donors (Lipinski definition) is 1. The summed E-state index contributed by atoms with van der Waals surface area (Å²) in [5, 5.41) is 3.02. The molecule has 2 heterocycles. The van der Waals surface area contributed by atoms with Crippen molar-refractivity contribution in [2.24, 2.45) is 0 Å². The summed E-state index contributed by atoms with van der Waals surface area (Å²) in [6, 6.07) is 22.1. The van der Waals surface area contributed by atoms with Crippen LogP contribution in [0.15, 0.2) is 72.9 Å². The topological polar surface area (TPSA) is 37.3 Å². The minimum absolute atomic E-state index is 0.0655. The minimum Gasteiger partial charge on any atom is -0.348 e. The van der Waals surface area contributed by atoms with E-state index >= 15 is 0 Å². The summed E-state index contributed by atoms with van der Waals surface area (Å²) in [5.74, 6) is 0. The van der Waals surface area contributed by atoms with E-state index in [0.29, 0.717) is 6.54 Å². The first kappa shape index (κ1) is 15.5. The Kier molecular flexibility index (Phi) is 4.02. The van der Waals surface area contributed by atoms with Crippen LogP contribution in [0.25, 0.3) is 0 Å². The molecule has 0 saturated heterocycles. The van der Waals surface area contributed by atoms with Crippen LogP contribution >= 0.6 is 0 Å². The highest BCUT2D eigenvalue weighted by atomic mass is 16.2. The van der Waals surface area contributed by atoms with Gasteiger partial charge in [-0.05, 0) is 36.8 Å². The van der Waals surface area contributed by atoms with E-state index in [1.54, 1.807) is 0 Å². The molecule has 4 rings (SSSR count). The van der Waals surface area contributed by atoms with Gasteiger partial charge in [-0.2, -0.15) is 0 Å². The summed E-state index contributed by atoms with van der Waals surface area (Å²) >= 11 is 0. The van der Waals surface area contributed by atoms with Gasteiger partial charge in [0.2, 0.25) is 0 Å². The van der Waals surface area contributed by atoms with Crippen LogP contribution in [0.1, 0.15) is 22.9 Å². The van der Waals surface area contributed by atoms with Crippen LogP contribution in [0.5, 0.6) is 0 Å². The van der Waals surface area contributed by atoms with Crippen molar-refractivity contribution in [3.05, 3.63) is 89.7 Å². The quantitative estimate of drug-likeness (QED) is 0.741. The number of fused-ring (bicyclic) bond motifs is 1. The predicted octanol–water partition coefficient (Wildman–Crippen LogP) is 4.43. The van der Waals surface area contributed by atoms with Crippen molar-refractivity contribution in [1.29, 1.82) is 0 Å². The average Bonchev–Trinajstić information content (AvgIpc) is 3.11. The van der Waals surface area contributed by atoms with Gasteiger partial charge in [-0.3, -0.25) is 0 Å². The number of carbonyl (C=O) groups excluding carboxylic acids is 1. The normalized spacial score (nSPS) is 16.4. The SMILES string of the molecule is Cc1ccc([C@@H]2c3cccn3CCN2C(=O)Nc2ccccc2)cc1. The van der Waals surface area contributed by atoms with Crippen LogP contribution in [0.3, 0.4) is 0 Å². The third kappa shape index (κ3) is 3.03. The average molecular weight is 331 g/mol. The molecule has 0 bridgehead atoms. The first-order valence-corrected chi connectivity index (χ1v) is 8.56. The predicted molar refractivity (Wildman–Crippen MR) is 99.6 cm³/mol. The van der Waals surface area contributed by atoms with Crippen molar-refractivity contribution < 1.29 is 4.79 Å². The van der Waals surface area contributed by atoms with Crippen molar-refractivity contribution >= 4 is 11.7 Å². The second-order valence-electron chi connectivity index (χ2n) is 6.43. The largest absolute Gasteiger partial charge is 0.348 e. The van der Waals surface area contributed by atoms with Crippen molar-refractivity contribution in [3.63, 3.8) is 0 Å². The molecule has 1 atom stereocenters. The molecule has 126 valence electrons. The van der Waals surface area contributed by atoms with Crippen LogP contribution in [0, 0.1) is 6.92 Å². The molecule has 0 spiro atoms. The van der Waals surface area contributed by atoms with E-state index in [1.165, 1.54) is 5.56 Å². The lowest BCUT2D eigenvalue weighted by Gasteiger charge is -2.37. The van der Waals surface area contributed by atoms with Crippen LogP contribution in [0.4, 0.5) is 10.5 Å². The molecule has 0 radical (unpaired) electrons. The maximum absolute atomic E-state index is 13.0. The van der Waals surface area contributed by atoms with Gasteiger partial charge in [0.15, 0.2) is 0 Å². The van der Waals surface area contributed by atoms with Gasteiger partial charge < -0.3 is 14.8 Å². The van der Waals surface area contributed by atoms with Gasteiger partial charge in [0.25, 0.3) is 0 Å². The van der Waals surface area contributed by atoms with E-state index in [1.807, 2.05) is 35.2 Å². The smallest absolute Gasteiger partial charge is 0.322 e. The summed E-state index contributed by atoms with van der Waals surface area (Å²) in [6.07, 6.45) is 2.09. The maximum atomic E-state index is 13.0. The van der Waals surface area contributed by atoms with Crippen LogP contribution < -0.4 is 5.32 Å². The Morgan fingerprint density at radius 2 is 1.72 bits per heavy atom. The number of aromatic nitrogens is 1. The Bertz CT molecular complexity index is 868. The number of benzene rings is 2. The number of urea groups is 1. The zero-order valence-corrected chi connectivity index (χ0v) is 14.2. The molecule has 1 aliphatic heterocycles. The fourth-order valence-corrected chi connectivity index (χ4v) is 3.42. The minimum atomic E-state index is -0.0759.